The van der Waals surface area contributed by atoms with E-state index in [2.05, 4.69) is 15.0 Å². The average Bonchev–Trinajstić information content (AvgIpc) is 3.27. The summed E-state index contributed by atoms with van der Waals surface area (Å²) in [5.74, 6) is 0.980. The fraction of sp³-hybridized carbons (Fsp3) is 0.500. The van der Waals surface area contributed by atoms with Gasteiger partial charge in [0.2, 0.25) is 5.89 Å². The number of halogens is 1. The lowest BCUT2D eigenvalue weighted by Crippen LogP contribution is -2.30. The van der Waals surface area contributed by atoms with Crippen molar-refractivity contribution in [2.75, 3.05) is 6.54 Å². The third-order valence-corrected chi connectivity index (χ3v) is 3.88. The largest absolute Gasteiger partial charge is 0.387 e. The van der Waals surface area contributed by atoms with Gasteiger partial charge in [0.1, 0.15) is 5.82 Å². The zero-order valence-electron chi connectivity index (χ0n) is 12.6. The van der Waals surface area contributed by atoms with Crippen molar-refractivity contribution < 1.29 is 14.0 Å². The number of hydrogen-bond acceptors (Lipinski definition) is 5. The Morgan fingerprint density at radius 3 is 2.68 bits per heavy atom. The molecule has 0 radical (unpaired) electrons. The Kier molecular flexibility index (Phi) is 4.49. The summed E-state index contributed by atoms with van der Waals surface area (Å²) >= 11 is 0. The number of aryl methyl sites for hydroxylation is 1. The number of rotatable bonds is 7. The van der Waals surface area contributed by atoms with Gasteiger partial charge in [0, 0.05) is 19.0 Å². The van der Waals surface area contributed by atoms with Crippen molar-refractivity contribution in [2.24, 2.45) is 0 Å². The van der Waals surface area contributed by atoms with E-state index in [1.807, 2.05) is 6.92 Å². The van der Waals surface area contributed by atoms with Gasteiger partial charge in [-0.05, 0) is 30.5 Å². The van der Waals surface area contributed by atoms with Crippen molar-refractivity contribution in [3.63, 3.8) is 0 Å². The van der Waals surface area contributed by atoms with E-state index >= 15 is 0 Å². The van der Waals surface area contributed by atoms with Gasteiger partial charge in [0.25, 0.3) is 0 Å². The van der Waals surface area contributed by atoms with E-state index in [9.17, 15) is 9.50 Å². The van der Waals surface area contributed by atoms with Crippen LogP contribution in [0.25, 0.3) is 0 Å². The molecule has 1 aliphatic rings. The average molecular weight is 305 g/mol. The molecule has 1 N–H and O–H groups in total. The third kappa shape index (κ3) is 3.69. The highest BCUT2D eigenvalue weighted by Gasteiger charge is 2.31. The summed E-state index contributed by atoms with van der Waals surface area (Å²) in [7, 11) is 0. The van der Waals surface area contributed by atoms with Gasteiger partial charge in [0.05, 0.1) is 12.6 Å². The molecule has 0 spiro atoms. The Labute approximate surface area is 128 Å². The SMILES string of the molecule is CCc1nc(CN(CC(O)c2ccc(F)cc2)C2CC2)no1. The van der Waals surface area contributed by atoms with E-state index in [0.717, 1.165) is 18.4 Å². The van der Waals surface area contributed by atoms with Gasteiger partial charge in [-0.25, -0.2) is 4.39 Å². The lowest BCUT2D eigenvalue weighted by atomic mass is 10.1. The molecular weight excluding hydrogens is 285 g/mol. The van der Waals surface area contributed by atoms with Crippen molar-refractivity contribution in [1.29, 1.82) is 0 Å². The molecule has 1 aliphatic carbocycles. The van der Waals surface area contributed by atoms with Gasteiger partial charge in [0.15, 0.2) is 5.82 Å². The second kappa shape index (κ2) is 6.54. The fourth-order valence-corrected chi connectivity index (χ4v) is 2.47. The summed E-state index contributed by atoms with van der Waals surface area (Å²) in [6, 6.07) is 6.43. The number of benzene rings is 1. The van der Waals surface area contributed by atoms with E-state index in [-0.39, 0.29) is 5.82 Å². The van der Waals surface area contributed by atoms with Gasteiger partial charge in [-0.15, -0.1) is 0 Å². The summed E-state index contributed by atoms with van der Waals surface area (Å²) in [6.45, 7) is 3.01. The van der Waals surface area contributed by atoms with Gasteiger partial charge >= 0.3 is 0 Å². The molecule has 1 fully saturated rings. The fourth-order valence-electron chi connectivity index (χ4n) is 2.47. The number of nitrogens with zero attached hydrogens (tertiary/aromatic N) is 3. The predicted octanol–water partition coefficient (Wildman–Crippen LogP) is 2.47. The lowest BCUT2D eigenvalue weighted by Gasteiger charge is -2.23. The summed E-state index contributed by atoms with van der Waals surface area (Å²) in [5.41, 5.74) is 0.717. The highest BCUT2D eigenvalue weighted by molar-refractivity contribution is 5.19. The van der Waals surface area contributed by atoms with E-state index in [4.69, 9.17) is 4.52 Å². The number of aliphatic hydroxyl groups excluding tert-OH is 1. The molecule has 1 heterocycles. The second-order valence-electron chi connectivity index (χ2n) is 5.69. The first-order chi connectivity index (χ1) is 10.7. The van der Waals surface area contributed by atoms with Crippen LogP contribution in [0.1, 0.15) is 43.1 Å². The molecular formula is C16H20FN3O2. The molecule has 22 heavy (non-hydrogen) atoms. The standard InChI is InChI=1S/C16H20FN3O2/c1-2-16-18-15(19-22-16)10-20(13-7-8-13)9-14(21)11-3-5-12(17)6-4-11/h3-6,13-14,21H,2,7-10H2,1H3. The Morgan fingerprint density at radius 1 is 1.36 bits per heavy atom. The van der Waals surface area contributed by atoms with E-state index in [0.29, 0.717) is 37.3 Å². The van der Waals surface area contributed by atoms with Crippen molar-refractivity contribution in [2.45, 2.75) is 44.9 Å². The molecule has 1 saturated carbocycles. The predicted molar refractivity (Wildman–Crippen MR) is 78.5 cm³/mol. The van der Waals surface area contributed by atoms with Gasteiger partial charge < -0.3 is 9.63 Å². The summed E-state index contributed by atoms with van der Waals surface area (Å²) in [6.07, 6.45) is 2.30. The number of aliphatic hydroxyl groups is 1. The molecule has 1 aromatic carbocycles. The Hall–Kier alpha value is -1.79. The van der Waals surface area contributed by atoms with E-state index < -0.39 is 6.10 Å². The van der Waals surface area contributed by atoms with Crippen LogP contribution in [0.3, 0.4) is 0 Å². The van der Waals surface area contributed by atoms with E-state index in [1.165, 1.54) is 12.1 Å². The van der Waals surface area contributed by atoms with Crippen molar-refractivity contribution in [3.05, 3.63) is 47.4 Å². The van der Waals surface area contributed by atoms with Crippen LogP contribution in [0.5, 0.6) is 0 Å². The maximum absolute atomic E-state index is 13.0. The van der Waals surface area contributed by atoms with Crippen LogP contribution in [0.4, 0.5) is 4.39 Å². The quantitative estimate of drug-likeness (QED) is 0.851. The minimum Gasteiger partial charge on any atom is -0.387 e. The van der Waals surface area contributed by atoms with Crippen LogP contribution in [0, 0.1) is 5.82 Å². The molecule has 0 aliphatic heterocycles. The molecule has 6 heteroatoms. The van der Waals surface area contributed by atoms with Crippen LogP contribution < -0.4 is 0 Å². The van der Waals surface area contributed by atoms with Gasteiger partial charge in [-0.2, -0.15) is 4.98 Å². The summed E-state index contributed by atoms with van der Waals surface area (Å²) in [5, 5.41) is 14.3. The van der Waals surface area contributed by atoms with Gasteiger partial charge in [-0.3, -0.25) is 4.90 Å². The maximum atomic E-state index is 13.0. The van der Waals surface area contributed by atoms with Crippen molar-refractivity contribution in [3.8, 4) is 0 Å². The Bertz CT molecular complexity index is 610. The highest BCUT2D eigenvalue weighted by atomic mass is 19.1. The first-order valence-corrected chi connectivity index (χ1v) is 7.64. The van der Waals surface area contributed by atoms with Crippen molar-refractivity contribution in [1.82, 2.24) is 15.0 Å². The zero-order chi connectivity index (χ0) is 15.5. The smallest absolute Gasteiger partial charge is 0.226 e. The molecule has 0 amide bonds. The molecule has 1 atom stereocenters. The molecule has 2 aromatic rings. The number of aromatic nitrogens is 2. The minimum atomic E-state index is -0.654. The van der Waals surface area contributed by atoms with Gasteiger partial charge in [-0.1, -0.05) is 24.2 Å². The summed E-state index contributed by atoms with van der Waals surface area (Å²) in [4.78, 5) is 6.48. The molecule has 3 rings (SSSR count). The topological polar surface area (TPSA) is 62.4 Å². The number of hydrogen-bond donors (Lipinski definition) is 1. The minimum absolute atomic E-state index is 0.297. The maximum Gasteiger partial charge on any atom is 0.226 e. The molecule has 0 bridgehead atoms. The molecule has 118 valence electrons. The second-order valence-corrected chi connectivity index (χ2v) is 5.69. The highest BCUT2D eigenvalue weighted by Crippen LogP contribution is 2.30. The van der Waals surface area contributed by atoms with E-state index in [1.54, 1.807) is 12.1 Å². The third-order valence-electron chi connectivity index (χ3n) is 3.88. The molecule has 1 unspecified atom stereocenters. The van der Waals surface area contributed by atoms with Crippen LogP contribution in [-0.4, -0.2) is 32.7 Å². The molecule has 0 saturated heterocycles. The van der Waals surface area contributed by atoms with Crippen LogP contribution in [-0.2, 0) is 13.0 Å². The molecule has 5 nitrogen and oxygen atoms in total. The Balaban J connectivity index is 1.65. The zero-order valence-corrected chi connectivity index (χ0v) is 12.6. The normalized spacial score (nSPS) is 16.2. The Morgan fingerprint density at radius 2 is 2.09 bits per heavy atom. The monoisotopic (exact) mass is 305 g/mol. The van der Waals surface area contributed by atoms with Crippen LogP contribution in [0.15, 0.2) is 28.8 Å². The van der Waals surface area contributed by atoms with Crippen LogP contribution >= 0.6 is 0 Å². The van der Waals surface area contributed by atoms with Crippen LogP contribution in [0.2, 0.25) is 0 Å². The van der Waals surface area contributed by atoms with Crippen molar-refractivity contribution >= 4 is 0 Å². The molecule has 1 aromatic heterocycles. The summed E-state index contributed by atoms with van der Waals surface area (Å²) < 4.78 is 18.1. The first-order valence-electron chi connectivity index (χ1n) is 7.64. The first kappa shape index (κ1) is 15.1. The lowest BCUT2D eigenvalue weighted by molar-refractivity contribution is 0.102.